The third kappa shape index (κ3) is 3.88. The first kappa shape index (κ1) is 19.2. The molecule has 5 nitrogen and oxygen atoms in total. The first-order chi connectivity index (χ1) is 13.5. The van der Waals surface area contributed by atoms with Gasteiger partial charge in [-0.2, -0.15) is 0 Å². The first-order valence-electron chi connectivity index (χ1n) is 10.00. The number of likely N-dealkylation sites (tertiary alicyclic amines) is 1. The molecular weight excluding hydrogens is 354 g/mol. The van der Waals surface area contributed by atoms with E-state index in [1.807, 2.05) is 49.4 Å². The van der Waals surface area contributed by atoms with Gasteiger partial charge in [0.1, 0.15) is 17.1 Å². The van der Waals surface area contributed by atoms with Crippen LogP contribution < -0.4 is 9.47 Å². The van der Waals surface area contributed by atoms with Crippen LogP contribution in [-0.2, 0) is 0 Å². The summed E-state index contributed by atoms with van der Waals surface area (Å²) < 4.78 is 11.6. The quantitative estimate of drug-likeness (QED) is 0.847. The summed E-state index contributed by atoms with van der Waals surface area (Å²) in [6, 6.07) is 13.6. The Morgan fingerprint density at radius 2 is 2.00 bits per heavy atom. The lowest BCUT2D eigenvalue weighted by Gasteiger charge is -2.46. The number of fused-ring (bicyclic) bond motifs is 1. The molecule has 150 valence electrons. The molecular formula is C23H29NO4. The molecule has 2 aliphatic rings. The van der Waals surface area contributed by atoms with E-state index in [1.165, 1.54) is 0 Å². The number of rotatable bonds is 4. The summed E-state index contributed by atoms with van der Waals surface area (Å²) in [5.74, 6) is 1.57. The lowest BCUT2D eigenvalue weighted by atomic mass is 9.81. The van der Waals surface area contributed by atoms with Gasteiger partial charge in [-0.25, -0.2) is 0 Å². The van der Waals surface area contributed by atoms with Gasteiger partial charge in [0, 0.05) is 31.6 Å². The van der Waals surface area contributed by atoms with E-state index in [1.54, 1.807) is 7.11 Å². The summed E-state index contributed by atoms with van der Waals surface area (Å²) in [4.78, 5) is 2.27. The molecule has 2 aromatic carbocycles. The van der Waals surface area contributed by atoms with Crippen molar-refractivity contribution >= 4 is 0 Å². The average molecular weight is 383 g/mol. The van der Waals surface area contributed by atoms with Gasteiger partial charge in [0.15, 0.2) is 0 Å². The molecule has 0 unspecified atom stereocenters. The Bertz CT molecular complexity index is 829. The number of hydrogen-bond acceptors (Lipinski definition) is 5. The van der Waals surface area contributed by atoms with Gasteiger partial charge >= 0.3 is 0 Å². The third-order valence-electron chi connectivity index (χ3n) is 6.09. The van der Waals surface area contributed by atoms with Crippen LogP contribution in [0.5, 0.6) is 11.5 Å². The lowest BCUT2D eigenvalue weighted by Crippen LogP contribution is -2.51. The van der Waals surface area contributed by atoms with E-state index < -0.39 is 12.2 Å². The zero-order valence-electron chi connectivity index (χ0n) is 16.6. The van der Waals surface area contributed by atoms with Crippen molar-refractivity contribution in [3.63, 3.8) is 0 Å². The molecule has 0 radical (unpaired) electrons. The van der Waals surface area contributed by atoms with Crippen LogP contribution in [0.15, 0.2) is 42.5 Å². The van der Waals surface area contributed by atoms with E-state index in [9.17, 15) is 10.2 Å². The highest BCUT2D eigenvalue weighted by atomic mass is 16.5. The number of nitrogens with zero attached hydrogens (tertiary/aromatic N) is 1. The molecule has 0 aromatic heterocycles. The molecule has 0 saturated carbocycles. The molecule has 5 heteroatoms. The fourth-order valence-electron chi connectivity index (χ4n) is 4.41. The Morgan fingerprint density at radius 1 is 1.21 bits per heavy atom. The number of aliphatic hydroxyl groups is 2. The second-order valence-corrected chi connectivity index (χ2v) is 8.14. The van der Waals surface area contributed by atoms with E-state index in [-0.39, 0.29) is 5.60 Å². The van der Waals surface area contributed by atoms with E-state index in [0.29, 0.717) is 13.0 Å². The summed E-state index contributed by atoms with van der Waals surface area (Å²) in [6.07, 6.45) is 1.31. The smallest absolute Gasteiger partial charge is 0.125 e. The molecule has 0 aliphatic carbocycles. The van der Waals surface area contributed by atoms with Crippen molar-refractivity contribution in [3.8, 4) is 11.5 Å². The maximum atomic E-state index is 10.7. The molecule has 2 N–H and O–H groups in total. The van der Waals surface area contributed by atoms with Crippen molar-refractivity contribution in [2.75, 3.05) is 26.7 Å². The van der Waals surface area contributed by atoms with Gasteiger partial charge in [-0.15, -0.1) is 0 Å². The monoisotopic (exact) mass is 383 g/mol. The highest BCUT2D eigenvalue weighted by molar-refractivity contribution is 5.41. The largest absolute Gasteiger partial charge is 0.497 e. The van der Waals surface area contributed by atoms with Crippen molar-refractivity contribution in [3.05, 3.63) is 59.2 Å². The summed E-state index contributed by atoms with van der Waals surface area (Å²) in [5, 5.41) is 21.3. The second-order valence-electron chi connectivity index (χ2n) is 8.14. The summed E-state index contributed by atoms with van der Waals surface area (Å²) >= 11 is 0. The number of β-amino-alcohol motifs (C(OH)–C–C–N with tert-alkyl or cyclic N) is 1. The van der Waals surface area contributed by atoms with Gasteiger partial charge < -0.3 is 24.6 Å². The fraction of sp³-hybridized carbons (Fsp3) is 0.478. The zero-order valence-corrected chi connectivity index (χ0v) is 16.6. The Hall–Kier alpha value is -2.08. The van der Waals surface area contributed by atoms with Crippen LogP contribution in [0.4, 0.5) is 0 Å². The van der Waals surface area contributed by atoms with Crippen molar-refractivity contribution in [2.45, 2.75) is 44.0 Å². The Morgan fingerprint density at radius 3 is 2.75 bits per heavy atom. The average Bonchev–Trinajstić information content (AvgIpc) is 2.70. The molecule has 2 aliphatic heterocycles. The SMILES string of the molecule is COc1cccc([C@H](O)CN2CCC3(CC2)C[C@H](O)c2cc(C)ccc2O3)c1. The number of hydrogen-bond donors (Lipinski definition) is 2. The van der Waals surface area contributed by atoms with Gasteiger partial charge in [0.05, 0.1) is 19.3 Å². The van der Waals surface area contributed by atoms with Crippen molar-refractivity contribution < 1.29 is 19.7 Å². The van der Waals surface area contributed by atoms with Crippen LogP contribution in [0.25, 0.3) is 0 Å². The van der Waals surface area contributed by atoms with E-state index >= 15 is 0 Å². The normalized spacial score (nSPS) is 22.4. The minimum Gasteiger partial charge on any atom is -0.497 e. The van der Waals surface area contributed by atoms with Gasteiger partial charge in [0.25, 0.3) is 0 Å². The van der Waals surface area contributed by atoms with Crippen molar-refractivity contribution in [2.24, 2.45) is 0 Å². The van der Waals surface area contributed by atoms with Crippen LogP contribution in [0, 0.1) is 6.92 Å². The molecule has 1 fully saturated rings. The molecule has 28 heavy (non-hydrogen) atoms. The van der Waals surface area contributed by atoms with Crippen molar-refractivity contribution in [1.29, 1.82) is 0 Å². The molecule has 2 aromatic rings. The minimum atomic E-state index is -0.550. The predicted molar refractivity (Wildman–Crippen MR) is 108 cm³/mol. The number of aliphatic hydroxyl groups excluding tert-OH is 2. The molecule has 2 atom stereocenters. The highest BCUT2D eigenvalue weighted by Gasteiger charge is 2.43. The van der Waals surface area contributed by atoms with Crippen molar-refractivity contribution in [1.82, 2.24) is 4.90 Å². The Kier molecular flexibility index (Phi) is 5.32. The van der Waals surface area contributed by atoms with Gasteiger partial charge in [-0.05, 0) is 49.6 Å². The van der Waals surface area contributed by atoms with E-state index in [0.717, 1.165) is 54.1 Å². The van der Waals surface area contributed by atoms with Crippen LogP contribution >= 0.6 is 0 Å². The van der Waals surface area contributed by atoms with Crippen LogP contribution in [0.1, 0.15) is 48.2 Å². The van der Waals surface area contributed by atoms with Crippen LogP contribution in [0.3, 0.4) is 0 Å². The highest BCUT2D eigenvalue weighted by Crippen LogP contribution is 2.44. The Balaban J connectivity index is 1.38. The second kappa shape index (κ2) is 7.74. The maximum Gasteiger partial charge on any atom is 0.125 e. The molecule has 4 rings (SSSR count). The number of benzene rings is 2. The number of piperidine rings is 1. The number of aryl methyl sites for hydroxylation is 1. The summed E-state index contributed by atoms with van der Waals surface area (Å²) in [5.41, 5.74) is 2.60. The van der Waals surface area contributed by atoms with Gasteiger partial charge in [-0.3, -0.25) is 0 Å². The number of ether oxygens (including phenoxy) is 2. The van der Waals surface area contributed by atoms with Gasteiger partial charge in [-0.1, -0.05) is 23.8 Å². The van der Waals surface area contributed by atoms with Crippen LogP contribution in [0.2, 0.25) is 0 Å². The maximum absolute atomic E-state index is 10.7. The van der Waals surface area contributed by atoms with E-state index in [4.69, 9.17) is 9.47 Å². The summed E-state index contributed by atoms with van der Waals surface area (Å²) in [6.45, 7) is 4.30. The van der Waals surface area contributed by atoms with E-state index in [2.05, 4.69) is 4.90 Å². The molecule has 2 heterocycles. The lowest BCUT2D eigenvalue weighted by molar-refractivity contribution is -0.0588. The van der Waals surface area contributed by atoms with Gasteiger partial charge in [0.2, 0.25) is 0 Å². The minimum absolute atomic E-state index is 0.306. The fourth-order valence-corrected chi connectivity index (χ4v) is 4.41. The predicted octanol–water partition coefficient (Wildman–Crippen LogP) is 3.39. The molecule has 1 spiro atoms. The molecule has 0 amide bonds. The standard InChI is InChI=1S/C23H29NO4/c1-16-6-7-22-19(12-16)20(25)14-23(28-22)8-10-24(11-9-23)15-21(26)17-4-3-5-18(13-17)27-2/h3-7,12-13,20-21,25-26H,8-11,14-15H2,1-2H3/t20-,21+/m0/s1. The zero-order chi connectivity index (χ0) is 19.7. The Labute approximate surface area is 166 Å². The van der Waals surface area contributed by atoms with Crippen LogP contribution in [-0.4, -0.2) is 47.5 Å². The molecule has 0 bridgehead atoms. The number of methoxy groups -OCH3 is 1. The molecule has 1 saturated heterocycles. The topological polar surface area (TPSA) is 62.2 Å². The first-order valence-corrected chi connectivity index (χ1v) is 10.00. The third-order valence-corrected chi connectivity index (χ3v) is 6.09. The summed E-state index contributed by atoms with van der Waals surface area (Å²) in [7, 11) is 1.63.